The third-order valence-corrected chi connectivity index (χ3v) is 5.66. The number of unbranched alkanes of at least 4 members (excludes halogenated alkanes) is 1. The molecule has 1 atom stereocenters. The zero-order chi connectivity index (χ0) is 20.3. The Morgan fingerprint density at radius 3 is 2.29 bits per heavy atom. The molecule has 0 aromatic heterocycles. The molecular formula is C28H34Cl2Zr. The number of allylic oxidation sites excluding steroid dienone is 4. The first-order valence-electron chi connectivity index (χ1n) is 10.7. The largest absolute Gasteiger partial charge is 4.00 e. The molecule has 4 rings (SSSR count). The summed E-state index contributed by atoms with van der Waals surface area (Å²) in [5.74, 6) is 0.592. The van der Waals surface area contributed by atoms with Gasteiger partial charge in [0.05, 0.1) is 0 Å². The van der Waals surface area contributed by atoms with Gasteiger partial charge in [-0.25, -0.2) is 6.08 Å². The van der Waals surface area contributed by atoms with E-state index >= 15 is 0 Å². The second kappa shape index (κ2) is 13.2. The summed E-state index contributed by atoms with van der Waals surface area (Å²) in [6.07, 6.45) is 12.9. The molecule has 0 fully saturated rings. The maximum atomic E-state index is 3.45. The minimum atomic E-state index is 0. The van der Waals surface area contributed by atoms with Crippen LogP contribution in [0.15, 0.2) is 48.1 Å². The van der Waals surface area contributed by atoms with Gasteiger partial charge in [0.25, 0.3) is 0 Å². The van der Waals surface area contributed by atoms with Crippen LogP contribution in [-0.4, -0.2) is 0 Å². The van der Waals surface area contributed by atoms with Crippen molar-refractivity contribution in [3.05, 3.63) is 82.5 Å². The molecule has 0 bridgehead atoms. The fourth-order valence-electron chi connectivity index (χ4n) is 3.94. The summed E-state index contributed by atoms with van der Waals surface area (Å²) in [6, 6.07) is 14.5. The van der Waals surface area contributed by atoms with Gasteiger partial charge in [-0.2, -0.15) is 35.4 Å². The summed E-state index contributed by atoms with van der Waals surface area (Å²) < 4.78 is 0. The number of hydrogen-bond donors (Lipinski definition) is 0. The second-order valence-electron chi connectivity index (χ2n) is 9.30. The summed E-state index contributed by atoms with van der Waals surface area (Å²) in [7, 11) is 0. The van der Waals surface area contributed by atoms with Gasteiger partial charge in [0.15, 0.2) is 0 Å². The van der Waals surface area contributed by atoms with E-state index in [4.69, 9.17) is 0 Å². The van der Waals surface area contributed by atoms with E-state index in [1.165, 1.54) is 58.2 Å². The molecule has 2 aliphatic rings. The summed E-state index contributed by atoms with van der Waals surface area (Å²) in [5.41, 5.74) is 9.91. The molecule has 3 heteroatoms. The number of rotatable bonds is 3. The molecular weight excluding hydrogens is 498 g/mol. The van der Waals surface area contributed by atoms with Crippen molar-refractivity contribution in [3.63, 3.8) is 0 Å². The van der Waals surface area contributed by atoms with E-state index < -0.39 is 0 Å². The number of aryl methyl sites for hydroxylation is 2. The van der Waals surface area contributed by atoms with E-state index in [9.17, 15) is 0 Å². The van der Waals surface area contributed by atoms with Crippen LogP contribution in [0, 0.1) is 37.3 Å². The van der Waals surface area contributed by atoms with Crippen LogP contribution in [0.5, 0.6) is 0 Å². The Morgan fingerprint density at radius 1 is 1.00 bits per heavy atom. The molecule has 0 aliphatic heterocycles. The van der Waals surface area contributed by atoms with E-state index in [0.717, 1.165) is 6.42 Å². The summed E-state index contributed by atoms with van der Waals surface area (Å²) in [4.78, 5) is 0. The zero-order valence-corrected chi connectivity index (χ0v) is 23.7. The number of benzene rings is 2. The van der Waals surface area contributed by atoms with Crippen molar-refractivity contribution in [1.29, 1.82) is 0 Å². The van der Waals surface area contributed by atoms with E-state index in [-0.39, 0.29) is 51.0 Å². The first kappa shape index (κ1) is 30.4. The van der Waals surface area contributed by atoms with E-state index in [1.54, 1.807) is 0 Å². The van der Waals surface area contributed by atoms with Crippen LogP contribution in [0.25, 0.3) is 11.1 Å². The van der Waals surface area contributed by atoms with Gasteiger partial charge in [0.1, 0.15) is 0 Å². The SMILES string of the molecule is CCCCC1[C-]=CC(C(C)(C)C)=C1.Cc1[c-]c2c(cc1)-c1ccc(C)cc1C2.[Cl-].[Cl-].[Zr+4]. The zero-order valence-electron chi connectivity index (χ0n) is 19.7. The fourth-order valence-corrected chi connectivity index (χ4v) is 3.94. The smallest absolute Gasteiger partial charge is 1.00 e. The standard InChI is InChI=1S/C15H13.C13H21.2ClH.Zr/c1-10-3-5-14-12(7-10)9-13-8-11(2)4-6-15(13)14;1-5-6-7-11-8-9-12(10-11)13(2,3)4;;;/h3-7H,9H2,1-2H3;9-11H,5-7H2,1-4H3;2*1H;/q2*-1;;;+4/p-2. The molecule has 0 spiro atoms. The van der Waals surface area contributed by atoms with Crippen LogP contribution in [0.4, 0.5) is 0 Å². The Kier molecular flexibility index (Phi) is 12.9. The van der Waals surface area contributed by atoms with Crippen molar-refractivity contribution in [3.8, 4) is 11.1 Å². The molecule has 0 saturated carbocycles. The minimum Gasteiger partial charge on any atom is -1.00 e. The number of hydrogen-bond acceptors (Lipinski definition) is 0. The van der Waals surface area contributed by atoms with E-state index in [1.807, 2.05) is 0 Å². The Bertz CT molecular complexity index is 854. The average molecular weight is 533 g/mol. The minimum absolute atomic E-state index is 0. The molecule has 164 valence electrons. The van der Waals surface area contributed by atoms with E-state index in [2.05, 4.69) is 96.2 Å². The third kappa shape index (κ3) is 8.03. The van der Waals surface area contributed by atoms with Gasteiger partial charge in [-0.3, -0.25) is 6.08 Å². The van der Waals surface area contributed by atoms with Crippen molar-refractivity contribution in [2.45, 2.75) is 67.2 Å². The van der Waals surface area contributed by atoms with Crippen molar-refractivity contribution in [1.82, 2.24) is 0 Å². The molecule has 0 N–H and O–H groups in total. The number of halogens is 2. The maximum Gasteiger partial charge on any atom is 4.00 e. The molecule has 0 nitrogen and oxygen atoms in total. The van der Waals surface area contributed by atoms with Gasteiger partial charge in [0, 0.05) is 0 Å². The Hall–Kier alpha value is -0.617. The molecule has 31 heavy (non-hydrogen) atoms. The van der Waals surface area contributed by atoms with Crippen LogP contribution in [0.3, 0.4) is 0 Å². The first-order chi connectivity index (χ1) is 13.3. The van der Waals surface area contributed by atoms with Crippen molar-refractivity contribution >= 4 is 0 Å². The molecule has 0 radical (unpaired) electrons. The molecule has 2 aromatic rings. The van der Waals surface area contributed by atoms with Gasteiger partial charge in [-0.15, -0.1) is 11.1 Å². The Morgan fingerprint density at radius 2 is 1.68 bits per heavy atom. The van der Waals surface area contributed by atoms with Gasteiger partial charge in [0.2, 0.25) is 0 Å². The summed E-state index contributed by atoms with van der Waals surface area (Å²) in [5, 5.41) is 0. The monoisotopic (exact) mass is 530 g/mol. The number of fused-ring (bicyclic) bond motifs is 3. The predicted octanol–water partition coefficient (Wildman–Crippen LogP) is 1.82. The topological polar surface area (TPSA) is 0 Å². The Balaban J connectivity index is 0.000000535. The normalized spacial score (nSPS) is 15.3. The first-order valence-corrected chi connectivity index (χ1v) is 10.7. The quantitative estimate of drug-likeness (QED) is 0.452. The predicted molar refractivity (Wildman–Crippen MR) is 121 cm³/mol. The van der Waals surface area contributed by atoms with Crippen molar-refractivity contribution in [2.75, 3.05) is 0 Å². The van der Waals surface area contributed by atoms with Crippen molar-refractivity contribution in [2.24, 2.45) is 11.3 Å². The third-order valence-electron chi connectivity index (χ3n) is 5.66. The molecule has 2 aromatic carbocycles. The van der Waals surface area contributed by atoms with Crippen LogP contribution in [0.1, 0.15) is 69.2 Å². The van der Waals surface area contributed by atoms with Crippen LogP contribution in [0.2, 0.25) is 0 Å². The van der Waals surface area contributed by atoms with Crippen molar-refractivity contribution < 1.29 is 51.0 Å². The molecule has 0 saturated heterocycles. The maximum absolute atomic E-state index is 3.45. The summed E-state index contributed by atoms with van der Waals surface area (Å²) >= 11 is 0. The Labute approximate surface area is 221 Å². The van der Waals surface area contributed by atoms with Gasteiger partial charge >= 0.3 is 26.2 Å². The van der Waals surface area contributed by atoms with Gasteiger partial charge in [-0.05, 0) is 18.9 Å². The average Bonchev–Trinajstić information content (AvgIpc) is 3.23. The van der Waals surface area contributed by atoms with Gasteiger partial charge in [-0.1, -0.05) is 94.5 Å². The van der Waals surface area contributed by atoms with Crippen LogP contribution >= 0.6 is 0 Å². The van der Waals surface area contributed by atoms with Gasteiger partial charge < -0.3 is 24.8 Å². The molecule has 0 heterocycles. The molecule has 0 amide bonds. The molecule has 2 aliphatic carbocycles. The fraction of sp³-hybridized carbons (Fsp3) is 0.429. The summed E-state index contributed by atoms with van der Waals surface area (Å²) in [6.45, 7) is 13.3. The van der Waals surface area contributed by atoms with Crippen LogP contribution < -0.4 is 24.8 Å². The molecule has 1 unspecified atom stereocenters. The van der Waals surface area contributed by atoms with E-state index in [0.29, 0.717) is 11.3 Å². The second-order valence-corrected chi connectivity index (χ2v) is 9.30. The van der Waals surface area contributed by atoms with Crippen LogP contribution in [-0.2, 0) is 32.6 Å².